The van der Waals surface area contributed by atoms with E-state index in [-0.39, 0.29) is 18.7 Å². The van der Waals surface area contributed by atoms with Gasteiger partial charge in [0.25, 0.3) is 11.5 Å². The first kappa shape index (κ1) is 12.5. The number of rotatable bonds is 2. The van der Waals surface area contributed by atoms with E-state index in [1.54, 1.807) is 18.2 Å². The molecule has 1 aliphatic heterocycles. The predicted octanol–water partition coefficient (Wildman–Crippen LogP) is 0.581. The Morgan fingerprint density at radius 2 is 2.15 bits per heavy atom. The third-order valence-electron chi connectivity index (χ3n) is 3.31. The van der Waals surface area contributed by atoms with E-state index in [2.05, 4.69) is 5.32 Å². The summed E-state index contributed by atoms with van der Waals surface area (Å²) in [4.78, 5) is 35.2. The van der Waals surface area contributed by atoms with Gasteiger partial charge in [-0.25, -0.2) is 0 Å². The van der Waals surface area contributed by atoms with Crippen LogP contribution in [-0.4, -0.2) is 23.7 Å². The molecule has 3 rings (SSSR count). The summed E-state index contributed by atoms with van der Waals surface area (Å²) in [5.74, 6) is -0.444. The van der Waals surface area contributed by atoms with Crippen LogP contribution in [0.15, 0.2) is 27.5 Å². The third kappa shape index (κ3) is 1.78. The standard InChI is InChI=1S/C13H12N2O5/c1-19-9-4-2-3-7-11(9)20-15(13(7)18)8-5-6-10(16)14-12(8)17/h2-4,8H,5-6H2,1H3,(H,14,16,17). The SMILES string of the molecule is COc1cccc2c(=O)n(C3CCC(=O)NC3=O)oc12. The van der Waals surface area contributed by atoms with Crippen LogP contribution >= 0.6 is 0 Å². The van der Waals surface area contributed by atoms with Crippen molar-refractivity contribution < 1.29 is 18.8 Å². The molecule has 2 aromatic rings. The highest BCUT2D eigenvalue weighted by atomic mass is 16.5. The number of benzene rings is 1. The van der Waals surface area contributed by atoms with Crippen LogP contribution in [0.4, 0.5) is 0 Å². The van der Waals surface area contributed by atoms with E-state index in [0.29, 0.717) is 16.7 Å². The number of hydrogen-bond donors (Lipinski definition) is 1. The van der Waals surface area contributed by atoms with Crippen LogP contribution in [0.25, 0.3) is 11.0 Å². The van der Waals surface area contributed by atoms with Crippen molar-refractivity contribution in [2.45, 2.75) is 18.9 Å². The Hall–Kier alpha value is -2.57. The average Bonchev–Trinajstić information content (AvgIpc) is 2.76. The van der Waals surface area contributed by atoms with Gasteiger partial charge in [-0.3, -0.25) is 19.7 Å². The van der Waals surface area contributed by atoms with E-state index >= 15 is 0 Å². The minimum atomic E-state index is -0.808. The summed E-state index contributed by atoms with van der Waals surface area (Å²) in [6.07, 6.45) is 0.420. The molecule has 104 valence electrons. The van der Waals surface area contributed by atoms with Gasteiger partial charge >= 0.3 is 0 Å². The van der Waals surface area contributed by atoms with Crippen LogP contribution in [0.5, 0.6) is 5.75 Å². The summed E-state index contributed by atoms with van der Waals surface area (Å²) in [6, 6.07) is 4.14. The lowest BCUT2D eigenvalue weighted by Crippen LogP contribution is -2.43. The number of nitrogens with one attached hydrogen (secondary N) is 1. The van der Waals surface area contributed by atoms with Crippen molar-refractivity contribution in [3.8, 4) is 5.75 Å². The number of hydrogen-bond acceptors (Lipinski definition) is 5. The van der Waals surface area contributed by atoms with Crippen molar-refractivity contribution in [1.29, 1.82) is 0 Å². The van der Waals surface area contributed by atoms with E-state index in [9.17, 15) is 14.4 Å². The summed E-state index contributed by atoms with van der Waals surface area (Å²) in [7, 11) is 1.47. The number of methoxy groups -OCH3 is 1. The average molecular weight is 276 g/mol. The number of aromatic nitrogens is 1. The van der Waals surface area contributed by atoms with E-state index in [1.807, 2.05) is 0 Å². The Labute approximate surface area is 113 Å². The molecule has 7 heteroatoms. The van der Waals surface area contributed by atoms with Crippen molar-refractivity contribution in [2.24, 2.45) is 0 Å². The quantitative estimate of drug-likeness (QED) is 0.810. The van der Waals surface area contributed by atoms with Crippen molar-refractivity contribution >= 4 is 22.8 Å². The molecule has 1 aromatic carbocycles. The number of amides is 2. The summed E-state index contributed by atoms with van der Waals surface area (Å²) in [5.41, 5.74) is -0.113. The van der Waals surface area contributed by atoms with Crippen molar-refractivity contribution in [1.82, 2.24) is 10.1 Å². The molecule has 1 aromatic heterocycles. The number of ether oxygens (including phenoxy) is 1. The first-order chi connectivity index (χ1) is 9.61. The molecule has 0 aliphatic carbocycles. The molecule has 1 unspecified atom stereocenters. The molecule has 1 aliphatic rings. The molecule has 2 heterocycles. The van der Waals surface area contributed by atoms with Gasteiger partial charge in [-0.15, -0.1) is 0 Å². The normalized spacial score (nSPS) is 19.1. The van der Waals surface area contributed by atoms with E-state index in [1.165, 1.54) is 7.11 Å². The second-order valence-electron chi connectivity index (χ2n) is 4.53. The number of fused-ring (bicyclic) bond motifs is 1. The summed E-state index contributed by atoms with van der Waals surface area (Å²) in [6.45, 7) is 0. The topological polar surface area (TPSA) is 90.5 Å². The Kier molecular flexibility index (Phi) is 2.81. The maximum Gasteiger partial charge on any atom is 0.291 e. The van der Waals surface area contributed by atoms with Gasteiger partial charge in [0, 0.05) is 6.42 Å². The molecular weight excluding hydrogens is 264 g/mol. The molecule has 20 heavy (non-hydrogen) atoms. The molecule has 0 spiro atoms. The van der Waals surface area contributed by atoms with Gasteiger partial charge in [0.05, 0.1) is 12.5 Å². The van der Waals surface area contributed by atoms with Crippen LogP contribution in [0.1, 0.15) is 18.9 Å². The zero-order chi connectivity index (χ0) is 14.3. The van der Waals surface area contributed by atoms with Crippen molar-refractivity contribution in [3.63, 3.8) is 0 Å². The lowest BCUT2D eigenvalue weighted by atomic mass is 10.1. The highest BCUT2D eigenvalue weighted by Gasteiger charge is 2.31. The number of carbonyl (C=O) groups excluding carboxylic acids is 2. The first-order valence-electron chi connectivity index (χ1n) is 6.14. The zero-order valence-corrected chi connectivity index (χ0v) is 10.7. The zero-order valence-electron chi connectivity index (χ0n) is 10.7. The van der Waals surface area contributed by atoms with E-state index in [4.69, 9.17) is 9.26 Å². The van der Waals surface area contributed by atoms with Crippen LogP contribution in [-0.2, 0) is 9.59 Å². The Balaban J connectivity index is 2.13. The van der Waals surface area contributed by atoms with Gasteiger partial charge in [-0.1, -0.05) is 6.07 Å². The minimum absolute atomic E-state index is 0.178. The van der Waals surface area contributed by atoms with Gasteiger partial charge in [-0.2, -0.15) is 4.74 Å². The third-order valence-corrected chi connectivity index (χ3v) is 3.31. The second-order valence-corrected chi connectivity index (χ2v) is 4.53. The minimum Gasteiger partial charge on any atom is -0.493 e. The fourth-order valence-corrected chi connectivity index (χ4v) is 2.31. The number of carbonyl (C=O) groups is 2. The van der Waals surface area contributed by atoms with Crippen LogP contribution in [0.3, 0.4) is 0 Å². The molecule has 0 saturated carbocycles. The van der Waals surface area contributed by atoms with Crippen LogP contribution in [0.2, 0.25) is 0 Å². The highest BCUT2D eigenvalue weighted by molar-refractivity contribution is 5.99. The maximum absolute atomic E-state index is 12.3. The summed E-state index contributed by atoms with van der Waals surface area (Å²) < 4.78 is 11.6. The molecule has 0 radical (unpaired) electrons. The molecule has 1 saturated heterocycles. The van der Waals surface area contributed by atoms with Gasteiger partial charge < -0.3 is 9.26 Å². The number of para-hydroxylation sites is 1. The Bertz CT molecular complexity index is 758. The molecule has 7 nitrogen and oxygen atoms in total. The fourth-order valence-electron chi connectivity index (χ4n) is 2.31. The number of piperidine rings is 1. The van der Waals surface area contributed by atoms with Crippen LogP contribution in [0, 0.1) is 0 Å². The van der Waals surface area contributed by atoms with Gasteiger partial charge in [0.15, 0.2) is 5.75 Å². The largest absolute Gasteiger partial charge is 0.493 e. The van der Waals surface area contributed by atoms with Crippen molar-refractivity contribution in [3.05, 3.63) is 28.6 Å². The summed E-state index contributed by atoms with van der Waals surface area (Å²) >= 11 is 0. The summed E-state index contributed by atoms with van der Waals surface area (Å²) in [5, 5.41) is 2.54. The Morgan fingerprint density at radius 1 is 1.35 bits per heavy atom. The molecule has 2 amide bonds. The Morgan fingerprint density at radius 3 is 2.85 bits per heavy atom. The molecule has 1 atom stereocenters. The van der Waals surface area contributed by atoms with E-state index < -0.39 is 17.5 Å². The smallest absolute Gasteiger partial charge is 0.291 e. The van der Waals surface area contributed by atoms with Gasteiger partial charge in [0.2, 0.25) is 11.5 Å². The van der Waals surface area contributed by atoms with Gasteiger partial charge in [-0.05, 0) is 18.6 Å². The van der Waals surface area contributed by atoms with Crippen LogP contribution < -0.4 is 15.6 Å². The fraction of sp³-hybridized carbons (Fsp3) is 0.308. The number of imide groups is 1. The second kappa shape index (κ2) is 4.52. The maximum atomic E-state index is 12.3. The molecule has 1 fully saturated rings. The monoisotopic (exact) mass is 276 g/mol. The number of nitrogens with zero attached hydrogens (tertiary/aromatic N) is 1. The van der Waals surface area contributed by atoms with E-state index in [0.717, 1.165) is 4.74 Å². The predicted molar refractivity (Wildman–Crippen MR) is 68.4 cm³/mol. The van der Waals surface area contributed by atoms with Crippen molar-refractivity contribution in [2.75, 3.05) is 7.11 Å². The lowest BCUT2D eigenvalue weighted by molar-refractivity contribution is -0.137. The first-order valence-corrected chi connectivity index (χ1v) is 6.14. The molecular formula is C13H12N2O5. The highest BCUT2D eigenvalue weighted by Crippen LogP contribution is 2.26. The molecule has 0 bridgehead atoms. The lowest BCUT2D eigenvalue weighted by Gasteiger charge is -2.19. The van der Waals surface area contributed by atoms with Gasteiger partial charge in [0.1, 0.15) is 6.04 Å². The molecule has 1 N–H and O–H groups in total.